The second-order valence-electron chi connectivity index (χ2n) is 6.62. The van der Waals surface area contributed by atoms with E-state index in [9.17, 15) is 4.79 Å². The summed E-state index contributed by atoms with van der Waals surface area (Å²) < 4.78 is 10.9. The lowest BCUT2D eigenvalue weighted by molar-refractivity contribution is -0.143. The van der Waals surface area contributed by atoms with Crippen molar-refractivity contribution in [2.24, 2.45) is 0 Å². The van der Waals surface area contributed by atoms with Gasteiger partial charge in [0.1, 0.15) is 12.4 Å². The second-order valence-corrected chi connectivity index (χ2v) is 7.41. The molecular weight excluding hydrogens is 419 g/mol. The first kappa shape index (κ1) is 19.9. The molecule has 3 heterocycles. The number of carboxylic acid groups (broad SMARTS) is 1. The zero-order valence-electron chi connectivity index (χ0n) is 15.3. The number of aliphatic carboxylic acids is 1. The van der Waals surface area contributed by atoms with E-state index in [0.717, 1.165) is 22.3 Å². The van der Waals surface area contributed by atoms with E-state index in [1.807, 2.05) is 18.3 Å². The van der Waals surface area contributed by atoms with Gasteiger partial charge < -0.3 is 19.5 Å². The molecule has 1 aromatic carbocycles. The highest BCUT2D eigenvalue weighted by molar-refractivity contribution is 6.45. The first-order valence-corrected chi connectivity index (χ1v) is 9.72. The van der Waals surface area contributed by atoms with E-state index >= 15 is 0 Å². The molecule has 10 heteroatoms. The largest absolute Gasteiger partial charge is 0.480 e. The number of morpholine rings is 1. The average Bonchev–Trinajstić information content (AvgIpc) is 3.25. The molecule has 1 fully saturated rings. The molecule has 4 rings (SSSR count). The molecule has 0 aliphatic carbocycles. The number of nitrogens with one attached hydrogen (secondary N) is 1. The Labute approximate surface area is 176 Å². The number of ether oxygens (including phenoxy) is 2. The number of carbonyl (C=O) groups is 1. The Kier molecular flexibility index (Phi) is 5.86. The minimum Gasteiger partial charge on any atom is -0.480 e. The van der Waals surface area contributed by atoms with Crippen LogP contribution in [-0.4, -0.2) is 65.3 Å². The lowest BCUT2D eigenvalue weighted by Crippen LogP contribution is -2.45. The number of hydrogen-bond acceptors (Lipinski definition) is 6. The highest BCUT2D eigenvalue weighted by Crippen LogP contribution is 2.37. The van der Waals surface area contributed by atoms with Crippen molar-refractivity contribution in [3.05, 3.63) is 40.6 Å². The summed E-state index contributed by atoms with van der Waals surface area (Å²) >= 11 is 12.7. The first-order chi connectivity index (χ1) is 14.0. The molecule has 8 nitrogen and oxygen atoms in total. The number of carboxylic acids is 1. The summed E-state index contributed by atoms with van der Waals surface area (Å²) in [5, 5.41) is 17.3. The quantitative estimate of drug-likeness (QED) is 0.611. The van der Waals surface area contributed by atoms with E-state index < -0.39 is 5.97 Å². The van der Waals surface area contributed by atoms with Crippen LogP contribution in [0.4, 0.5) is 5.82 Å². The van der Waals surface area contributed by atoms with Crippen molar-refractivity contribution in [3.8, 4) is 11.1 Å². The van der Waals surface area contributed by atoms with Crippen LogP contribution in [0.3, 0.4) is 0 Å². The SMILES string of the molecule is O=C(O)COC[C@@H]1CN(c2cc(-c3cn[nH]c3)c3ccc(Cl)c(Cl)c3n2)CCO1. The van der Waals surface area contributed by atoms with E-state index in [0.29, 0.717) is 35.3 Å². The van der Waals surface area contributed by atoms with Crippen LogP contribution in [0.25, 0.3) is 22.0 Å². The second kappa shape index (κ2) is 8.54. The van der Waals surface area contributed by atoms with Crippen molar-refractivity contribution in [2.75, 3.05) is 37.8 Å². The van der Waals surface area contributed by atoms with Gasteiger partial charge in [-0.05, 0) is 17.7 Å². The van der Waals surface area contributed by atoms with Crippen LogP contribution in [0.15, 0.2) is 30.6 Å². The van der Waals surface area contributed by atoms with E-state index in [-0.39, 0.29) is 19.3 Å². The molecule has 1 aliphatic rings. The summed E-state index contributed by atoms with van der Waals surface area (Å²) in [6.45, 7) is 1.47. The topological polar surface area (TPSA) is 101 Å². The molecule has 29 heavy (non-hydrogen) atoms. The molecule has 2 aromatic heterocycles. The van der Waals surface area contributed by atoms with Gasteiger partial charge in [-0.1, -0.05) is 29.3 Å². The van der Waals surface area contributed by atoms with Crippen molar-refractivity contribution in [3.63, 3.8) is 0 Å². The Hall–Kier alpha value is -2.39. The minimum absolute atomic E-state index is 0.192. The summed E-state index contributed by atoms with van der Waals surface area (Å²) in [5.41, 5.74) is 2.45. The Morgan fingerprint density at radius 1 is 1.41 bits per heavy atom. The van der Waals surface area contributed by atoms with E-state index in [4.69, 9.17) is 42.8 Å². The van der Waals surface area contributed by atoms with Crippen LogP contribution in [0.2, 0.25) is 10.0 Å². The molecular formula is C19H18Cl2N4O4. The van der Waals surface area contributed by atoms with Crippen LogP contribution >= 0.6 is 23.2 Å². The Morgan fingerprint density at radius 3 is 3.03 bits per heavy atom. The molecule has 152 valence electrons. The zero-order chi connectivity index (χ0) is 20.4. The van der Waals surface area contributed by atoms with Crippen LogP contribution in [-0.2, 0) is 14.3 Å². The molecule has 0 spiro atoms. The van der Waals surface area contributed by atoms with Crippen molar-refractivity contribution in [1.29, 1.82) is 0 Å². The third-order valence-electron chi connectivity index (χ3n) is 4.66. The fraction of sp³-hybridized carbons (Fsp3) is 0.316. The highest BCUT2D eigenvalue weighted by Gasteiger charge is 2.24. The first-order valence-electron chi connectivity index (χ1n) is 8.97. The third kappa shape index (κ3) is 4.30. The van der Waals surface area contributed by atoms with E-state index in [1.54, 1.807) is 12.3 Å². The summed E-state index contributed by atoms with van der Waals surface area (Å²) in [4.78, 5) is 17.5. The number of hydrogen-bond donors (Lipinski definition) is 2. The number of fused-ring (bicyclic) bond motifs is 1. The predicted molar refractivity (Wildman–Crippen MR) is 110 cm³/mol. The molecule has 0 amide bonds. The predicted octanol–water partition coefficient (Wildman–Crippen LogP) is 3.24. The minimum atomic E-state index is -1.01. The van der Waals surface area contributed by atoms with Gasteiger partial charge in [0.25, 0.3) is 0 Å². The molecule has 1 atom stereocenters. The number of nitrogens with zero attached hydrogens (tertiary/aromatic N) is 3. The maximum absolute atomic E-state index is 10.6. The molecule has 2 N–H and O–H groups in total. The molecule has 0 unspecified atom stereocenters. The Morgan fingerprint density at radius 2 is 2.28 bits per heavy atom. The molecule has 0 radical (unpaired) electrons. The van der Waals surface area contributed by atoms with Gasteiger partial charge in [0.15, 0.2) is 0 Å². The van der Waals surface area contributed by atoms with Crippen LogP contribution in [0, 0.1) is 0 Å². The van der Waals surface area contributed by atoms with Crippen molar-refractivity contribution in [1.82, 2.24) is 15.2 Å². The van der Waals surface area contributed by atoms with Gasteiger partial charge in [0.2, 0.25) is 0 Å². The Balaban J connectivity index is 1.68. The number of H-pyrrole nitrogens is 1. The number of aromatic nitrogens is 3. The van der Waals surface area contributed by atoms with E-state index in [1.165, 1.54) is 0 Å². The van der Waals surface area contributed by atoms with Gasteiger partial charge >= 0.3 is 5.97 Å². The number of benzene rings is 1. The average molecular weight is 437 g/mol. The molecule has 3 aromatic rings. The van der Waals surface area contributed by atoms with Crippen molar-refractivity contribution < 1.29 is 19.4 Å². The van der Waals surface area contributed by atoms with Gasteiger partial charge in [0.05, 0.1) is 41.1 Å². The smallest absolute Gasteiger partial charge is 0.329 e. The highest BCUT2D eigenvalue weighted by atomic mass is 35.5. The number of halogens is 2. The lowest BCUT2D eigenvalue weighted by Gasteiger charge is -2.34. The summed E-state index contributed by atoms with van der Waals surface area (Å²) in [6, 6.07) is 5.63. The van der Waals surface area contributed by atoms with Crippen LogP contribution in [0.1, 0.15) is 0 Å². The number of aromatic amines is 1. The van der Waals surface area contributed by atoms with Crippen LogP contribution < -0.4 is 4.90 Å². The van der Waals surface area contributed by atoms with Gasteiger partial charge in [-0.15, -0.1) is 0 Å². The number of anilines is 1. The fourth-order valence-electron chi connectivity index (χ4n) is 3.33. The zero-order valence-corrected chi connectivity index (χ0v) is 16.8. The van der Waals surface area contributed by atoms with Crippen molar-refractivity contribution in [2.45, 2.75) is 6.10 Å². The summed E-state index contributed by atoms with van der Waals surface area (Å²) in [6.07, 6.45) is 3.29. The van der Waals surface area contributed by atoms with Crippen LogP contribution in [0.5, 0.6) is 0 Å². The molecule has 0 bridgehead atoms. The fourth-order valence-corrected chi connectivity index (χ4v) is 3.68. The Bertz CT molecular complexity index is 1030. The van der Waals surface area contributed by atoms with E-state index in [2.05, 4.69) is 15.1 Å². The summed E-state index contributed by atoms with van der Waals surface area (Å²) in [5.74, 6) is -0.283. The molecule has 0 saturated carbocycles. The van der Waals surface area contributed by atoms with Gasteiger partial charge in [-0.2, -0.15) is 5.10 Å². The maximum atomic E-state index is 10.6. The molecule has 1 aliphatic heterocycles. The number of pyridine rings is 1. The normalized spacial score (nSPS) is 17.0. The van der Waals surface area contributed by atoms with Gasteiger partial charge in [-0.25, -0.2) is 9.78 Å². The van der Waals surface area contributed by atoms with Gasteiger partial charge in [-0.3, -0.25) is 5.10 Å². The molecule has 1 saturated heterocycles. The number of rotatable bonds is 6. The monoisotopic (exact) mass is 436 g/mol. The lowest BCUT2D eigenvalue weighted by atomic mass is 10.0. The maximum Gasteiger partial charge on any atom is 0.329 e. The standard InChI is InChI=1S/C19H18Cl2N4O4/c20-15-2-1-13-14(11-6-22-23-7-11)5-16(24-19(13)18(15)21)25-3-4-29-12(8-25)9-28-10-17(26)27/h1-2,5-7,12H,3-4,8-10H2,(H,22,23)(H,26,27)/t12-/m0/s1. The van der Waals surface area contributed by atoms with Gasteiger partial charge in [0, 0.05) is 30.2 Å². The van der Waals surface area contributed by atoms with Crippen molar-refractivity contribution >= 4 is 45.9 Å². The summed E-state index contributed by atoms with van der Waals surface area (Å²) in [7, 11) is 0. The third-order valence-corrected chi connectivity index (χ3v) is 5.45.